The SMILES string of the molecule is C=CCn1c(SCC(=O)N[C@@H]2CCS(=O)(=O)C2)nc2ccccc2c1=O. The van der Waals surface area contributed by atoms with E-state index >= 15 is 0 Å². The number of hydrogen-bond donors (Lipinski definition) is 1. The fourth-order valence-corrected chi connectivity index (χ4v) is 5.35. The number of benzene rings is 1. The van der Waals surface area contributed by atoms with Gasteiger partial charge in [0.25, 0.3) is 5.56 Å². The van der Waals surface area contributed by atoms with Crippen molar-refractivity contribution in [2.75, 3.05) is 17.3 Å². The van der Waals surface area contributed by atoms with E-state index in [1.807, 2.05) is 0 Å². The molecule has 1 fully saturated rings. The van der Waals surface area contributed by atoms with Crippen LogP contribution in [0.2, 0.25) is 0 Å². The highest BCUT2D eigenvalue weighted by molar-refractivity contribution is 7.99. The lowest BCUT2D eigenvalue weighted by molar-refractivity contribution is -0.119. The molecule has 1 aromatic heterocycles. The van der Waals surface area contributed by atoms with Crippen molar-refractivity contribution in [3.8, 4) is 0 Å². The number of nitrogens with one attached hydrogen (secondary N) is 1. The van der Waals surface area contributed by atoms with Crippen LogP contribution in [0.5, 0.6) is 0 Å². The minimum atomic E-state index is -3.04. The van der Waals surface area contributed by atoms with Crippen LogP contribution in [-0.2, 0) is 21.2 Å². The monoisotopic (exact) mass is 393 g/mol. The largest absolute Gasteiger partial charge is 0.352 e. The highest BCUT2D eigenvalue weighted by Crippen LogP contribution is 2.18. The summed E-state index contributed by atoms with van der Waals surface area (Å²) < 4.78 is 24.4. The van der Waals surface area contributed by atoms with Crippen molar-refractivity contribution in [3.63, 3.8) is 0 Å². The van der Waals surface area contributed by atoms with Gasteiger partial charge in [0.05, 0.1) is 28.2 Å². The van der Waals surface area contributed by atoms with E-state index in [2.05, 4.69) is 16.9 Å². The minimum Gasteiger partial charge on any atom is -0.352 e. The molecule has 0 unspecified atom stereocenters. The van der Waals surface area contributed by atoms with Gasteiger partial charge in [0.1, 0.15) is 0 Å². The van der Waals surface area contributed by atoms with Gasteiger partial charge in [-0.05, 0) is 18.6 Å². The standard InChI is InChI=1S/C17H19N3O4S2/c1-2-8-20-16(22)13-5-3-4-6-14(13)19-17(20)25-10-15(21)18-12-7-9-26(23,24)11-12/h2-6,12H,1,7-11H2,(H,18,21)/t12-/m1/s1. The summed E-state index contributed by atoms with van der Waals surface area (Å²) in [6.45, 7) is 3.96. The van der Waals surface area contributed by atoms with E-state index in [1.54, 1.807) is 30.3 Å². The van der Waals surface area contributed by atoms with Gasteiger partial charge in [0.2, 0.25) is 5.91 Å². The predicted molar refractivity (Wildman–Crippen MR) is 102 cm³/mol. The van der Waals surface area contributed by atoms with Crippen LogP contribution in [0.3, 0.4) is 0 Å². The molecule has 2 aromatic rings. The molecule has 9 heteroatoms. The van der Waals surface area contributed by atoms with Gasteiger partial charge in [-0.3, -0.25) is 14.2 Å². The van der Waals surface area contributed by atoms with Gasteiger partial charge in [0.15, 0.2) is 15.0 Å². The van der Waals surface area contributed by atoms with Crippen molar-refractivity contribution in [1.29, 1.82) is 0 Å². The summed E-state index contributed by atoms with van der Waals surface area (Å²) in [4.78, 5) is 29.3. The Kier molecular flexibility index (Phi) is 5.47. The molecule has 2 heterocycles. The molecular weight excluding hydrogens is 374 g/mol. The third-order valence-electron chi connectivity index (χ3n) is 4.07. The van der Waals surface area contributed by atoms with E-state index < -0.39 is 9.84 Å². The highest BCUT2D eigenvalue weighted by Gasteiger charge is 2.28. The van der Waals surface area contributed by atoms with E-state index in [0.717, 1.165) is 11.8 Å². The number of amides is 1. The lowest BCUT2D eigenvalue weighted by Crippen LogP contribution is -2.36. The maximum Gasteiger partial charge on any atom is 0.262 e. The number of aromatic nitrogens is 2. The number of sulfone groups is 1. The normalized spacial score (nSPS) is 18.7. The summed E-state index contributed by atoms with van der Waals surface area (Å²) in [6.07, 6.45) is 2.04. The number of rotatable bonds is 6. The number of hydrogen-bond acceptors (Lipinski definition) is 6. The van der Waals surface area contributed by atoms with E-state index in [1.165, 1.54) is 4.57 Å². The number of allylic oxidation sites excluding steroid dienone is 1. The van der Waals surface area contributed by atoms with E-state index in [0.29, 0.717) is 29.0 Å². The molecule has 0 spiro atoms. The molecule has 1 saturated heterocycles. The Morgan fingerprint density at radius 3 is 2.88 bits per heavy atom. The Morgan fingerprint density at radius 1 is 1.42 bits per heavy atom. The predicted octanol–water partition coefficient (Wildman–Crippen LogP) is 0.978. The Morgan fingerprint density at radius 2 is 2.19 bits per heavy atom. The first kappa shape index (κ1) is 18.7. The Bertz CT molecular complexity index is 1010. The topological polar surface area (TPSA) is 98.1 Å². The lowest BCUT2D eigenvalue weighted by atomic mass is 10.2. The van der Waals surface area contributed by atoms with Crippen LogP contribution in [0, 0.1) is 0 Å². The van der Waals surface area contributed by atoms with Crippen LogP contribution in [0.4, 0.5) is 0 Å². The van der Waals surface area contributed by atoms with Gasteiger partial charge in [-0.2, -0.15) is 0 Å². The molecule has 0 aliphatic carbocycles. The van der Waals surface area contributed by atoms with E-state index in [-0.39, 0.29) is 34.8 Å². The first-order valence-electron chi connectivity index (χ1n) is 8.12. The van der Waals surface area contributed by atoms with Crippen molar-refractivity contribution >= 4 is 38.4 Å². The summed E-state index contributed by atoms with van der Waals surface area (Å²) in [5, 5.41) is 3.68. The van der Waals surface area contributed by atoms with Crippen LogP contribution >= 0.6 is 11.8 Å². The fraction of sp³-hybridized carbons (Fsp3) is 0.353. The zero-order chi connectivity index (χ0) is 18.7. The third kappa shape index (κ3) is 4.16. The number of nitrogens with zero attached hydrogens (tertiary/aromatic N) is 2. The van der Waals surface area contributed by atoms with Crippen molar-refractivity contribution in [2.24, 2.45) is 0 Å². The van der Waals surface area contributed by atoms with Gasteiger partial charge in [0, 0.05) is 12.6 Å². The van der Waals surface area contributed by atoms with Crippen LogP contribution in [-0.4, -0.2) is 47.2 Å². The maximum atomic E-state index is 12.6. The average molecular weight is 393 g/mol. The molecule has 1 aliphatic heterocycles. The summed E-state index contributed by atoms with van der Waals surface area (Å²) in [5.41, 5.74) is 0.392. The first-order valence-corrected chi connectivity index (χ1v) is 10.9. The Balaban J connectivity index is 1.75. The second kappa shape index (κ2) is 7.63. The molecule has 0 bridgehead atoms. The molecule has 7 nitrogen and oxygen atoms in total. The van der Waals surface area contributed by atoms with Gasteiger partial charge in [-0.1, -0.05) is 30.0 Å². The smallest absolute Gasteiger partial charge is 0.262 e. The minimum absolute atomic E-state index is 0.0151. The quantitative estimate of drug-likeness (QED) is 0.446. The van der Waals surface area contributed by atoms with Gasteiger partial charge >= 0.3 is 0 Å². The average Bonchev–Trinajstić information content (AvgIpc) is 2.94. The fourth-order valence-electron chi connectivity index (χ4n) is 2.86. The lowest BCUT2D eigenvalue weighted by Gasteiger charge is -2.13. The summed E-state index contributed by atoms with van der Waals surface area (Å²) in [7, 11) is -3.04. The number of thioether (sulfide) groups is 1. The van der Waals surface area contributed by atoms with E-state index in [9.17, 15) is 18.0 Å². The van der Waals surface area contributed by atoms with Crippen LogP contribution in [0.25, 0.3) is 10.9 Å². The molecule has 1 aliphatic rings. The zero-order valence-electron chi connectivity index (χ0n) is 14.1. The summed E-state index contributed by atoms with van der Waals surface area (Å²) >= 11 is 1.15. The van der Waals surface area contributed by atoms with Crippen LogP contribution < -0.4 is 10.9 Å². The summed E-state index contributed by atoms with van der Waals surface area (Å²) in [5.74, 6) is -0.127. The molecular formula is C17H19N3O4S2. The molecule has 1 amide bonds. The van der Waals surface area contributed by atoms with Crippen LogP contribution in [0.1, 0.15) is 6.42 Å². The number of carbonyl (C=O) groups is 1. The molecule has 1 N–H and O–H groups in total. The molecule has 3 rings (SSSR count). The first-order chi connectivity index (χ1) is 12.4. The van der Waals surface area contributed by atoms with Crippen molar-refractivity contribution in [2.45, 2.75) is 24.2 Å². The molecule has 0 saturated carbocycles. The zero-order valence-corrected chi connectivity index (χ0v) is 15.7. The third-order valence-corrected chi connectivity index (χ3v) is 6.81. The van der Waals surface area contributed by atoms with Crippen molar-refractivity contribution < 1.29 is 13.2 Å². The second-order valence-electron chi connectivity index (χ2n) is 6.07. The Hall–Kier alpha value is -2.13. The van der Waals surface area contributed by atoms with Gasteiger partial charge < -0.3 is 5.32 Å². The number of fused-ring (bicyclic) bond motifs is 1. The van der Waals surface area contributed by atoms with E-state index in [4.69, 9.17) is 0 Å². The van der Waals surface area contributed by atoms with Gasteiger partial charge in [-0.15, -0.1) is 6.58 Å². The summed E-state index contributed by atoms with van der Waals surface area (Å²) in [6, 6.07) is 6.70. The molecule has 26 heavy (non-hydrogen) atoms. The molecule has 1 aromatic carbocycles. The number of carbonyl (C=O) groups excluding carboxylic acids is 1. The van der Waals surface area contributed by atoms with Crippen molar-refractivity contribution in [1.82, 2.24) is 14.9 Å². The van der Waals surface area contributed by atoms with Crippen molar-refractivity contribution in [3.05, 3.63) is 47.3 Å². The number of para-hydroxylation sites is 1. The second-order valence-corrected chi connectivity index (χ2v) is 9.24. The van der Waals surface area contributed by atoms with Crippen LogP contribution in [0.15, 0.2) is 46.9 Å². The maximum absolute atomic E-state index is 12.6. The molecule has 0 radical (unpaired) electrons. The Labute approximate surface area is 155 Å². The molecule has 138 valence electrons. The molecule has 1 atom stereocenters. The van der Waals surface area contributed by atoms with Gasteiger partial charge in [-0.25, -0.2) is 13.4 Å². The highest BCUT2D eigenvalue weighted by atomic mass is 32.2.